The van der Waals surface area contributed by atoms with Crippen LogP contribution >= 0.6 is 0 Å². The van der Waals surface area contributed by atoms with Gasteiger partial charge in [-0.1, -0.05) is 23.4 Å². The Kier molecular flexibility index (Phi) is 3.25. The Hall–Kier alpha value is -2.56. The molecular weight excluding hydrogens is 268 g/mol. The summed E-state index contributed by atoms with van der Waals surface area (Å²) in [7, 11) is 1.91. The maximum atomic E-state index is 12.3. The first-order chi connectivity index (χ1) is 10.1. The normalized spacial score (nSPS) is 11.0. The van der Waals surface area contributed by atoms with Gasteiger partial charge in [0.05, 0.1) is 16.8 Å². The quantitative estimate of drug-likeness (QED) is 0.693. The monoisotopic (exact) mass is 284 g/mol. The van der Waals surface area contributed by atoms with Crippen LogP contribution < -0.4 is 0 Å². The molecule has 3 rings (SSSR count). The van der Waals surface area contributed by atoms with E-state index in [1.54, 1.807) is 13.1 Å². The van der Waals surface area contributed by atoms with Crippen molar-refractivity contribution in [3.8, 4) is 0 Å². The SMILES string of the molecule is Cc1noc(C)c1COC(=O)c1cn(C)c2ccccc12. The van der Waals surface area contributed by atoms with Crippen molar-refractivity contribution in [1.29, 1.82) is 0 Å². The number of ether oxygens (including phenoxy) is 1. The summed E-state index contributed by atoms with van der Waals surface area (Å²) in [6, 6.07) is 7.75. The van der Waals surface area contributed by atoms with E-state index in [1.807, 2.05) is 42.8 Å². The molecule has 108 valence electrons. The molecule has 0 unspecified atom stereocenters. The number of rotatable bonds is 3. The summed E-state index contributed by atoms with van der Waals surface area (Å²) in [6.07, 6.45) is 1.79. The molecule has 5 nitrogen and oxygen atoms in total. The van der Waals surface area contributed by atoms with E-state index < -0.39 is 0 Å². The lowest BCUT2D eigenvalue weighted by atomic mass is 10.2. The smallest absolute Gasteiger partial charge is 0.340 e. The molecule has 0 amide bonds. The van der Waals surface area contributed by atoms with Gasteiger partial charge in [0, 0.05) is 24.1 Å². The van der Waals surface area contributed by atoms with Gasteiger partial charge in [0.2, 0.25) is 0 Å². The van der Waals surface area contributed by atoms with Gasteiger partial charge in [0.1, 0.15) is 12.4 Å². The minimum Gasteiger partial charge on any atom is -0.457 e. The summed E-state index contributed by atoms with van der Waals surface area (Å²) in [4.78, 5) is 12.3. The minimum atomic E-state index is -0.341. The van der Waals surface area contributed by atoms with E-state index in [0.717, 1.165) is 22.2 Å². The highest BCUT2D eigenvalue weighted by atomic mass is 16.5. The number of hydrogen-bond donors (Lipinski definition) is 0. The van der Waals surface area contributed by atoms with Crippen molar-refractivity contribution in [1.82, 2.24) is 9.72 Å². The van der Waals surface area contributed by atoms with Crippen LogP contribution in [0.25, 0.3) is 10.9 Å². The molecule has 0 aliphatic rings. The number of carbonyl (C=O) groups excluding carboxylic acids is 1. The second-order valence-corrected chi connectivity index (χ2v) is 5.05. The lowest BCUT2D eigenvalue weighted by Gasteiger charge is -2.03. The summed E-state index contributed by atoms with van der Waals surface area (Å²) in [5, 5.41) is 4.74. The fourth-order valence-corrected chi connectivity index (χ4v) is 2.43. The molecule has 0 saturated heterocycles. The van der Waals surface area contributed by atoms with Gasteiger partial charge in [-0.2, -0.15) is 0 Å². The van der Waals surface area contributed by atoms with E-state index in [-0.39, 0.29) is 12.6 Å². The van der Waals surface area contributed by atoms with Crippen LogP contribution in [0.4, 0.5) is 0 Å². The minimum absolute atomic E-state index is 0.170. The Morgan fingerprint density at radius 3 is 2.81 bits per heavy atom. The molecule has 0 spiro atoms. The summed E-state index contributed by atoms with van der Waals surface area (Å²) in [5.41, 5.74) is 3.14. The highest BCUT2D eigenvalue weighted by Crippen LogP contribution is 2.22. The van der Waals surface area contributed by atoms with Gasteiger partial charge >= 0.3 is 5.97 Å². The zero-order chi connectivity index (χ0) is 15.0. The Balaban J connectivity index is 1.85. The summed E-state index contributed by atoms with van der Waals surface area (Å²) >= 11 is 0. The second-order valence-electron chi connectivity index (χ2n) is 5.05. The predicted octanol–water partition coefficient (Wildman–Crippen LogP) is 3.14. The molecule has 2 aromatic heterocycles. The zero-order valence-corrected chi connectivity index (χ0v) is 12.2. The van der Waals surface area contributed by atoms with Crippen molar-refractivity contribution in [3.05, 3.63) is 53.0 Å². The van der Waals surface area contributed by atoms with Crippen molar-refractivity contribution >= 4 is 16.9 Å². The molecule has 0 fully saturated rings. The third kappa shape index (κ3) is 2.31. The molecule has 0 bridgehead atoms. The van der Waals surface area contributed by atoms with Crippen LogP contribution in [0.3, 0.4) is 0 Å². The molecule has 1 aromatic carbocycles. The van der Waals surface area contributed by atoms with Gasteiger partial charge in [-0.25, -0.2) is 4.79 Å². The van der Waals surface area contributed by atoms with Crippen molar-refractivity contribution in [2.75, 3.05) is 0 Å². The van der Waals surface area contributed by atoms with Crippen molar-refractivity contribution in [3.63, 3.8) is 0 Å². The number of esters is 1. The number of hydrogen-bond acceptors (Lipinski definition) is 4. The molecular formula is C16H16N2O3. The fraction of sp³-hybridized carbons (Fsp3) is 0.250. The van der Waals surface area contributed by atoms with Crippen LogP contribution in [0.15, 0.2) is 35.0 Å². The number of fused-ring (bicyclic) bond motifs is 1. The van der Waals surface area contributed by atoms with E-state index in [1.165, 1.54) is 0 Å². The summed E-state index contributed by atoms with van der Waals surface area (Å²) < 4.78 is 12.4. The molecule has 0 radical (unpaired) electrons. The predicted molar refractivity (Wildman–Crippen MR) is 78.0 cm³/mol. The van der Waals surface area contributed by atoms with E-state index in [0.29, 0.717) is 11.3 Å². The number of aryl methyl sites for hydroxylation is 3. The number of para-hydroxylation sites is 1. The lowest BCUT2D eigenvalue weighted by Crippen LogP contribution is -2.05. The third-order valence-electron chi connectivity index (χ3n) is 3.65. The number of aromatic nitrogens is 2. The van der Waals surface area contributed by atoms with E-state index in [9.17, 15) is 4.79 Å². The highest BCUT2D eigenvalue weighted by molar-refractivity contribution is 6.04. The van der Waals surface area contributed by atoms with Crippen LogP contribution in [0.2, 0.25) is 0 Å². The van der Waals surface area contributed by atoms with E-state index in [2.05, 4.69) is 5.16 Å². The Bertz CT molecular complexity index is 795. The number of benzene rings is 1. The van der Waals surface area contributed by atoms with Crippen LogP contribution in [-0.4, -0.2) is 15.7 Å². The topological polar surface area (TPSA) is 57.3 Å². The van der Waals surface area contributed by atoms with Crippen LogP contribution in [0.5, 0.6) is 0 Å². The maximum Gasteiger partial charge on any atom is 0.340 e. The first-order valence-corrected chi connectivity index (χ1v) is 6.71. The van der Waals surface area contributed by atoms with Crippen LogP contribution in [-0.2, 0) is 18.4 Å². The number of nitrogens with zero attached hydrogens (tertiary/aromatic N) is 2. The zero-order valence-electron chi connectivity index (χ0n) is 12.2. The molecule has 2 heterocycles. The standard InChI is InChI=1S/C16H16N2O3/c1-10-14(11(2)21-17-10)9-20-16(19)13-8-18(3)15-7-5-4-6-12(13)15/h4-8H,9H2,1-3H3. The van der Waals surface area contributed by atoms with Crippen molar-refractivity contribution in [2.24, 2.45) is 7.05 Å². The summed E-state index contributed by atoms with van der Waals surface area (Å²) in [5.74, 6) is 0.338. The molecule has 0 saturated carbocycles. The Morgan fingerprint density at radius 2 is 2.10 bits per heavy atom. The third-order valence-corrected chi connectivity index (χ3v) is 3.65. The first kappa shape index (κ1) is 13.4. The van der Waals surface area contributed by atoms with Crippen molar-refractivity contribution < 1.29 is 14.1 Å². The lowest BCUT2D eigenvalue weighted by molar-refractivity contribution is 0.0473. The molecule has 5 heteroatoms. The molecule has 3 aromatic rings. The van der Waals surface area contributed by atoms with Gasteiger partial charge < -0.3 is 13.8 Å². The van der Waals surface area contributed by atoms with Gasteiger partial charge in [-0.3, -0.25) is 0 Å². The molecule has 0 aliphatic heterocycles. The molecule has 0 N–H and O–H groups in total. The van der Waals surface area contributed by atoms with Crippen molar-refractivity contribution in [2.45, 2.75) is 20.5 Å². The average molecular weight is 284 g/mol. The molecule has 21 heavy (non-hydrogen) atoms. The Morgan fingerprint density at radius 1 is 1.33 bits per heavy atom. The summed E-state index contributed by atoms with van der Waals surface area (Å²) in [6.45, 7) is 3.81. The Labute approximate surface area is 122 Å². The first-order valence-electron chi connectivity index (χ1n) is 6.71. The average Bonchev–Trinajstić information content (AvgIpc) is 2.98. The van der Waals surface area contributed by atoms with Crippen LogP contribution in [0.1, 0.15) is 27.4 Å². The van der Waals surface area contributed by atoms with Gasteiger partial charge in [-0.05, 0) is 19.9 Å². The highest BCUT2D eigenvalue weighted by Gasteiger charge is 2.17. The molecule has 0 aliphatic carbocycles. The van der Waals surface area contributed by atoms with Crippen LogP contribution in [0, 0.1) is 13.8 Å². The largest absolute Gasteiger partial charge is 0.457 e. The maximum absolute atomic E-state index is 12.3. The van der Waals surface area contributed by atoms with Gasteiger partial charge in [-0.15, -0.1) is 0 Å². The molecule has 0 atom stereocenters. The second kappa shape index (κ2) is 5.09. The van der Waals surface area contributed by atoms with E-state index >= 15 is 0 Å². The fourth-order valence-electron chi connectivity index (χ4n) is 2.43. The number of carbonyl (C=O) groups is 1. The van der Waals surface area contributed by atoms with Gasteiger partial charge in [0.25, 0.3) is 0 Å². The van der Waals surface area contributed by atoms with E-state index in [4.69, 9.17) is 9.26 Å². The van der Waals surface area contributed by atoms with Gasteiger partial charge in [0.15, 0.2) is 0 Å².